The zero-order valence-corrected chi connectivity index (χ0v) is 10.7. The van der Waals surface area contributed by atoms with Crippen LogP contribution in [-0.2, 0) is 12.8 Å². The van der Waals surface area contributed by atoms with E-state index in [4.69, 9.17) is 0 Å². The second-order valence-corrected chi connectivity index (χ2v) is 4.62. The SMILES string of the molecule is c1cnc2nc(CCc3nc4ncccc4[nH]3)[nH]c2c1. The molecule has 6 nitrogen and oxygen atoms in total. The zero-order chi connectivity index (χ0) is 13.4. The maximum Gasteiger partial charge on any atom is 0.177 e. The van der Waals surface area contributed by atoms with Gasteiger partial charge >= 0.3 is 0 Å². The van der Waals surface area contributed by atoms with Crippen LogP contribution in [0.5, 0.6) is 0 Å². The summed E-state index contributed by atoms with van der Waals surface area (Å²) in [6.07, 6.45) is 5.07. The van der Waals surface area contributed by atoms with E-state index in [1.54, 1.807) is 12.4 Å². The Morgan fingerprint density at radius 3 is 1.70 bits per heavy atom. The monoisotopic (exact) mass is 264 g/mol. The second-order valence-electron chi connectivity index (χ2n) is 4.62. The minimum absolute atomic E-state index is 0.758. The summed E-state index contributed by atoms with van der Waals surface area (Å²) < 4.78 is 0. The van der Waals surface area contributed by atoms with Crippen molar-refractivity contribution in [2.24, 2.45) is 0 Å². The molecule has 6 heteroatoms. The third kappa shape index (κ3) is 1.91. The highest BCUT2D eigenvalue weighted by Crippen LogP contribution is 2.11. The molecule has 4 aromatic heterocycles. The van der Waals surface area contributed by atoms with Gasteiger partial charge in [-0.15, -0.1) is 0 Å². The fourth-order valence-corrected chi connectivity index (χ4v) is 2.26. The molecule has 0 saturated heterocycles. The van der Waals surface area contributed by atoms with Crippen LogP contribution in [0.4, 0.5) is 0 Å². The number of fused-ring (bicyclic) bond motifs is 2. The number of nitrogens with zero attached hydrogens (tertiary/aromatic N) is 4. The molecule has 4 rings (SSSR count). The maximum atomic E-state index is 4.46. The van der Waals surface area contributed by atoms with E-state index < -0.39 is 0 Å². The lowest BCUT2D eigenvalue weighted by Crippen LogP contribution is -1.95. The number of imidazole rings is 2. The number of hydrogen-bond acceptors (Lipinski definition) is 4. The van der Waals surface area contributed by atoms with Gasteiger partial charge in [0, 0.05) is 25.2 Å². The number of aromatic nitrogens is 6. The van der Waals surface area contributed by atoms with E-state index >= 15 is 0 Å². The molecule has 0 saturated carbocycles. The van der Waals surface area contributed by atoms with Crippen LogP contribution in [0.2, 0.25) is 0 Å². The first-order valence-electron chi connectivity index (χ1n) is 6.48. The summed E-state index contributed by atoms with van der Waals surface area (Å²) in [5.41, 5.74) is 3.45. The zero-order valence-electron chi connectivity index (χ0n) is 10.7. The second kappa shape index (κ2) is 4.41. The topological polar surface area (TPSA) is 83.1 Å². The third-order valence-corrected chi connectivity index (χ3v) is 3.21. The first kappa shape index (κ1) is 11.1. The molecule has 0 bridgehead atoms. The summed E-state index contributed by atoms with van der Waals surface area (Å²) >= 11 is 0. The van der Waals surface area contributed by atoms with E-state index in [1.165, 1.54) is 0 Å². The molecular formula is C14H12N6. The smallest absolute Gasteiger partial charge is 0.177 e. The van der Waals surface area contributed by atoms with Gasteiger partial charge in [0.25, 0.3) is 0 Å². The molecule has 0 aliphatic rings. The van der Waals surface area contributed by atoms with Crippen molar-refractivity contribution in [2.75, 3.05) is 0 Å². The number of rotatable bonds is 3. The molecule has 0 fully saturated rings. The Kier molecular flexibility index (Phi) is 2.45. The predicted molar refractivity (Wildman–Crippen MR) is 75.2 cm³/mol. The number of nitrogens with one attached hydrogen (secondary N) is 2. The van der Waals surface area contributed by atoms with Gasteiger partial charge in [-0.1, -0.05) is 0 Å². The summed E-state index contributed by atoms with van der Waals surface area (Å²) in [5.74, 6) is 1.85. The van der Waals surface area contributed by atoms with Gasteiger partial charge < -0.3 is 9.97 Å². The van der Waals surface area contributed by atoms with Gasteiger partial charge in [-0.2, -0.15) is 0 Å². The average molecular weight is 264 g/mol. The fourth-order valence-electron chi connectivity index (χ4n) is 2.26. The van der Waals surface area contributed by atoms with Crippen molar-refractivity contribution < 1.29 is 0 Å². The highest BCUT2D eigenvalue weighted by molar-refractivity contribution is 5.70. The van der Waals surface area contributed by atoms with E-state index in [0.29, 0.717) is 0 Å². The van der Waals surface area contributed by atoms with Crippen LogP contribution < -0.4 is 0 Å². The lowest BCUT2D eigenvalue weighted by atomic mass is 10.3. The van der Waals surface area contributed by atoms with Crippen LogP contribution in [0, 0.1) is 0 Å². The van der Waals surface area contributed by atoms with Crippen LogP contribution >= 0.6 is 0 Å². The third-order valence-electron chi connectivity index (χ3n) is 3.21. The van der Waals surface area contributed by atoms with Crippen molar-refractivity contribution in [2.45, 2.75) is 12.8 Å². The van der Waals surface area contributed by atoms with Gasteiger partial charge in [-0.05, 0) is 24.3 Å². The quantitative estimate of drug-likeness (QED) is 0.593. The van der Waals surface area contributed by atoms with Gasteiger partial charge in [0.1, 0.15) is 11.6 Å². The van der Waals surface area contributed by atoms with Crippen LogP contribution in [0.25, 0.3) is 22.3 Å². The van der Waals surface area contributed by atoms with Crippen molar-refractivity contribution in [3.63, 3.8) is 0 Å². The van der Waals surface area contributed by atoms with Crippen molar-refractivity contribution in [3.8, 4) is 0 Å². The molecule has 2 N–H and O–H groups in total. The molecular weight excluding hydrogens is 252 g/mol. The highest BCUT2D eigenvalue weighted by Gasteiger charge is 2.06. The number of pyridine rings is 2. The Labute approximate surface area is 114 Å². The lowest BCUT2D eigenvalue weighted by Gasteiger charge is -1.93. The predicted octanol–water partition coefficient (Wildman–Crippen LogP) is 2.01. The minimum atomic E-state index is 0.758. The van der Waals surface area contributed by atoms with E-state index in [-0.39, 0.29) is 0 Å². The Morgan fingerprint density at radius 1 is 0.750 bits per heavy atom. The van der Waals surface area contributed by atoms with Gasteiger partial charge in [0.05, 0.1) is 11.0 Å². The van der Waals surface area contributed by atoms with Crippen LogP contribution in [-0.4, -0.2) is 29.9 Å². The summed E-state index contributed by atoms with van der Waals surface area (Å²) in [7, 11) is 0. The Hall–Kier alpha value is -2.76. The molecule has 20 heavy (non-hydrogen) atoms. The largest absolute Gasteiger partial charge is 0.341 e. The molecule has 0 radical (unpaired) electrons. The number of H-pyrrole nitrogens is 2. The normalized spacial score (nSPS) is 11.4. The first-order chi connectivity index (χ1) is 9.88. The van der Waals surface area contributed by atoms with E-state index in [9.17, 15) is 0 Å². The van der Waals surface area contributed by atoms with Crippen molar-refractivity contribution in [1.29, 1.82) is 0 Å². The van der Waals surface area contributed by atoms with E-state index in [0.717, 1.165) is 46.8 Å². The standard InChI is InChI=1S/C14H12N6/c1-3-9-13(15-7-1)19-11(17-9)5-6-12-18-10-4-2-8-16-14(10)20-12/h1-4,7-8H,5-6H2,(H,15,17,19)(H,16,18,20). The molecule has 4 aromatic rings. The van der Waals surface area contributed by atoms with Crippen molar-refractivity contribution >= 4 is 22.3 Å². The van der Waals surface area contributed by atoms with E-state index in [1.807, 2.05) is 24.3 Å². The summed E-state index contributed by atoms with van der Waals surface area (Å²) in [6.45, 7) is 0. The van der Waals surface area contributed by atoms with Gasteiger partial charge in [0.15, 0.2) is 11.3 Å². The summed E-state index contributed by atoms with van der Waals surface area (Å²) in [6, 6.07) is 7.75. The van der Waals surface area contributed by atoms with Gasteiger partial charge in [-0.3, -0.25) is 0 Å². The van der Waals surface area contributed by atoms with Crippen molar-refractivity contribution in [3.05, 3.63) is 48.3 Å². The number of hydrogen-bond donors (Lipinski definition) is 2. The molecule has 0 atom stereocenters. The number of aromatic amines is 2. The number of aryl methyl sites for hydroxylation is 2. The Balaban J connectivity index is 1.57. The molecule has 0 unspecified atom stereocenters. The summed E-state index contributed by atoms with van der Waals surface area (Å²) in [4.78, 5) is 23.9. The molecule has 4 heterocycles. The maximum absolute atomic E-state index is 4.46. The fraction of sp³-hybridized carbons (Fsp3) is 0.143. The molecule has 0 spiro atoms. The average Bonchev–Trinajstić information content (AvgIpc) is 3.07. The minimum Gasteiger partial charge on any atom is -0.341 e. The van der Waals surface area contributed by atoms with Crippen LogP contribution in [0.1, 0.15) is 11.6 Å². The summed E-state index contributed by atoms with van der Waals surface area (Å²) in [5, 5.41) is 0. The molecule has 98 valence electrons. The lowest BCUT2D eigenvalue weighted by molar-refractivity contribution is 0.842. The van der Waals surface area contributed by atoms with Crippen LogP contribution in [0.15, 0.2) is 36.7 Å². The van der Waals surface area contributed by atoms with E-state index in [2.05, 4.69) is 29.9 Å². The Morgan fingerprint density at radius 2 is 1.25 bits per heavy atom. The van der Waals surface area contributed by atoms with Crippen LogP contribution in [0.3, 0.4) is 0 Å². The first-order valence-corrected chi connectivity index (χ1v) is 6.48. The molecule has 0 aromatic carbocycles. The van der Waals surface area contributed by atoms with Crippen molar-refractivity contribution in [1.82, 2.24) is 29.9 Å². The Bertz CT molecular complexity index is 735. The molecule has 0 aliphatic heterocycles. The highest BCUT2D eigenvalue weighted by atomic mass is 15.0. The van der Waals surface area contributed by atoms with Gasteiger partial charge in [0.2, 0.25) is 0 Å². The molecule has 0 aliphatic carbocycles. The molecule has 0 amide bonds. The van der Waals surface area contributed by atoms with Gasteiger partial charge in [-0.25, -0.2) is 19.9 Å².